The Balaban J connectivity index is 1.82. The second kappa shape index (κ2) is 5.58. The van der Waals surface area contributed by atoms with E-state index in [1.807, 2.05) is 31.2 Å². The molecule has 3 rings (SSSR count). The average molecular weight is 279 g/mol. The predicted molar refractivity (Wildman–Crippen MR) is 78.9 cm³/mol. The van der Waals surface area contributed by atoms with Crippen LogP contribution in [0.2, 0.25) is 0 Å². The lowest BCUT2D eigenvalue weighted by Gasteiger charge is -2.06. The Morgan fingerprint density at radius 2 is 2.14 bits per heavy atom. The Hall–Kier alpha value is -2.95. The van der Waals surface area contributed by atoms with Gasteiger partial charge in [0.25, 0.3) is 5.91 Å². The topological polar surface area (TPSA) is 68.0 Å². The van der Waals surface area contributed by atoms with E-state index in [0.717, 1.165) is 11.3 Å². The summed E-state index contributed by atoms with van der Waals surface area (Å²) in [5, 5.41) is 2.83. The lowest BCUT2D eigenvalue weighted by atomic mass is 10.2. The molecule has 0 aliphatic carbocycles. The second-order valence-corrected chi connectivity index (χ2v) is 4.57. The minimum atomic E-state index is -0.205. The molecule has 0 spiro atoms. The summed E-state index contributed by atoms with van der Waals surface area (Å²) >= 11 is 0. The summed E-state index contributed by atoms with van der Waals surface area (Å²) in [5.74, 6) is 0.328. The van der Waals surface area contributed by atoms with Gasteiger partial charge in [-0.15, -0.1) is 0 Å². The molecule has 1 N–H and O–H groups in total. The summed E-state index contributed by atoms with van der Waals surface area (Å²) < 4.78 is 5.36. The Labute approximate surface area is 121 Å². The van der Waals surface area contributed by atoms with Crippen LogP contribution >= 0.6 is 0 Å². The monoisotopic (exact) mass is 279 g/mol. The number of carbonyl (C=O) groups excluding carboxylic acids is 1. The first-order chi connectivity index (χ1) is 10.2. The van der Waals surface area contributed by atoms with Crippen LogP contribution in [0.3, 0.4) is 0 Å². The van der Waals surface area contributed by atoms with Gasteiger partial charge in [-0.3, -0.25) is 9.78 Å². The standard InChI is InChI=1S/C16H13N3O2/c1-11-10-21-16(18-11)12-4-2-6-14(8-12)19-15(20)13-5-3-7-17-9-13/h2-10H,1H3,(H,19,20). The van der Waals surface area contributed by atoms with E-state index in [-0.39, 0.29) is 5.91 Å². The molecule has 0 aliphatic rings. The average Bonchev–Trinajstić information content (AvgIpc) is 2.95. The van der Waals surface area contributed by atoms with Crippen LogP contribution in [0.1, 0.15) is 16.1 Å². The molecule has 1 amide bonds. The van der Waals surface area contributed by atoms with E-state index in [2.05, 4.69) is 15.3 Å². The number of aromatic nitrogens is 2. The molecule has 0 bridgehead atoms. The fourth-order valence-corrected chi connectivity index (χ4v) is 1.92. The van der Waals surface area contributed by atoms with Crippen LogP contribution in [0.15, 0.2) is 59.5 Å². The number of oxazole rings is 1. The van der Waals surface area contributed by atoms with Gasteiger partial charge in [0.1, 0.15) is 6.26 Å². The van der Waals surface area contributed by atoms with Crippen molar-refractivity contribution in [1.82, 2.24) is 9.97 Å². The summed E-state index contributed by atoms with van der Waals surface area (Å²) in [4.78, 5) is 20.3. The highest BCUT2D eigenvalue weighted by Gasteiger charge is 2.08. The quantitative estimate of drug-likeness (QED) is 0.798. The minimum Gasteiger partial charge on any atom is -0.444 e. The Kier molecular flexibility index (Phi) is 3.47. The predicted octanol–water partition coefficient (Wildman–Crippen LogP) is 3.30. The molecule has 5 heteroatoms. The Morgan fingerprint density at radius 3 is 2.86 bits per heavy atom. The first-order valence-corrected chi connectivity index (χ1v) is 6.46. The molecular formula is C16H13N3O2. The van der Waals surface area contributed by atoms with Gasteiger partial charge in [0.15, 0.2) is 0 Å². The van der Waals surface area contributed by atoms with E-state index in [1.165, 1.54) is 6.20 Å². The van der Waals surface area contributed by atoms with Crippen molar-refractivity contribution in [2.75, 3.05) is 5.32 Å². The van der Waals surface area contributed by atoms with Crippen molar-refractivity contribution >= 4 is 11.6 Å². The van der Waals surface area contributed by atoms with E-state index in [1.54, 1.807) is 24.6 Å². The van der Waals surface area contributed by atoms with Gasteiger partial charge in [0.05, 0.1) is 11.3 Å². The number of nitrogens with one attached hydrogen (secondary N) is 1. The maximum Gasteiger partial charge on any atom is 0.257 e. The zero-order valence-corrected chi connectivity index (χ0v) is 11.4. The lowest BCUT2D eigenvalue weighted by molar-refractivity contribution is 0.102. The number of anilines is 1. The summed E-state index contributed by atoms with van der Waals surface area (Å²) in [7, 11) is 0. The number of rotatable bonds is 3. The lowest BCUT2D eigenvalue weighted by Crippen LogP contribution is -2.11. The van der Waals surface area contributed by atoms with Crippen molar-refractivity contribution < 1.29 is 9.21 Å². The summed E-state index contributed by atoms with van der Waals surface area (Å²) in [6.07, 6.45) is 4.75. The normalized spacial score (nSPS) is 10.3. The molecule has 3 aromatic rings. The van der Waals surface area contributed by atoms with Crippen molar-refractivity contribution in [1.29, 1.82) is 0 Å². The number of pyridine rings is 1. The highest BCUT2D eigenvalue weighted by atomic mass is 16.3. The molecule has 0 unspecified atom stereocenters. The van der Waals surface area contributed by atoms with Gasteiger partial charge >= 0.3 is 0 Å². The smallest absolute Gasteiger partial charge is 0.257 e. The molecule has 0 radical (unpaired) electrons. The van der Waals surface area contributed by atoms with Crippen LogP contribution in [-0.4, -0.2) is 15.9 Å². The molecule has 2 aromatic heterocycles. The van der Waals surface area contributed by atoms with E-state index < -0.39 is 0 Å². The maximum absolute atomic E-state index is 12.1. The van der Waals surface area contributed by atoms with E-state index in [4.69, 9.17) is 4.42 Å². The molecule has 0 fully saturated rings. The molecule has 0 saturated heterocycles. The Bertz CT molecular complexity index is 766. The molecule has 21 heavy (non-hydrogen) atoms. The van der Waals surface area contributed by atoms with Gasteiger partial charge in [-0.05, 0) is 37.3 Å². The molecule has 1 aromatic carbocycles. The third-order valence-electron chi connectivity index (χ3n) is 2.91. The van der Waals surface area contributed by atoms with Crippen molar-refractivity contribution in [3.8, 4) is 11.5 Å². The van der Waals surface area contributed by atoms with E-state index in [0.29, 0.717) is 17.1 Å². The fourth-order valence-electron chi connectivity index (χ4n) is 1.92. The van der Waals surface area contributed by atoms with Crippen LogP contribution in [-0.2, 0) is 0 Å². The van der Waals surface area contributed by atoms with Crippen molar-refractivity contribution in [2.24, 2.45) is 0 Å². The van der Waals surface area contributed by atoms with E-state index >= 15 is 0 Å². The first-order valence-electron chi connectivity index (χ1n) is 6.46. The van der Waals surface area contributed by atoms with Crippen LogP contribution in [0.25, 0.3) is 11.5 Å². The third kappa shape index (κ3) is 2.97. The highest BCUT2D eigenvalue weighted by Crippen LogP contribution is 2.22. The highest BCUT2D eigenvalue weighted by molar-refractivity contribution is 6.04. The van der Waals surface area contributed by atoms with Crippen LogP contribution in [0.5, 0.6) is 0 Å². The number of benzene rings is 1. The summed E-state index contributed by atoms with van der Waals surface area (Å²) in [6, 6.07) is 10.8. The Morgan fingerprint density at radius 1 is 1.24 bits per heavy atom. The molecule has 5 nitrogen and oxygen atoms in total. The SMILES string of the molecule is Cc1coc(-c2cccc(NC(=O)c3cccnc3)c2)n1. The van der Waals surface area contributed by atoms with Crippen molar-refractivity contribution in [3.05, 3.63) is 66.3 Å². The minimum absolute atomic E-state index is 0.205. The van der Waals surface area contributed by atoms with Gasteiger partial charge in [0, 0.05) is 23.6 Å². The van der Waals surface area contributed by atoms with Crippen LogP contribution < -0.4 is 5.32 Å². The number of carbonyl (C=O) groups is 1. The number of hydrogen-bond donors (Lipinski definition) is 1. The molecule has 104 valence electrons. The zero-order chi connectivity index (χ0) is 14.7. The number of aryl methyl sites for hydroxylation is 1. The molecule has 0 atom stereocenters. The second-order valence-electron chi connectivity index (χ2n) is 4.57. The van der Waals surface area contributed by atoms with Crippen molar-refractivity contribution in [3.63, 3.8) is 0 Å². The van der Waals surface area contributed by atoms with Gasteiger partial charge in [0.2, 0.25) is 5.89 Å². The number of hydrogen-bond acceptors (Lipinski definition) is 4. The summed E-state index contributed by atoms with van der Waals surface area (Å²) in [6.45, 7) is 1.86. The zero-order valence-electron chi connectivity index (χ0n) is 11.4. The fraction of sp³-hybridized carbons (Fsp3) is 0.0625. The molecule has 2 heterocycles. The van der Waals surface area contributed by atoms with Gasteiger partial charge in [-0.25, -0.2) is 4.98 Å². The molecule has 0 aliphatic heterocycles. The van der Waals surface area contributed by atoms with Gasteiger partial charge in [-0.1, -0.05) is 6.07 Å². The van der Waals surface area contributed by atoms with Crippen LogP contribution in [0, 0.1) is 6.92 Å². The number of amides is 1. The van der Waals surface area contributed by atoms with Crippen LogP contribution in [0.4, 0.5) is 5.69 Å². The maximum atomic E-state index is 12.1. The summed E-state index contributed by atoms with van der Waals surface area (Å²) in [5.41, 5.74) is 2.81. The van der Waals surface area contributed by atoms with E-state index in [9.17, 15) is 4.79 Å². The van der Waals surface area contributed by atoms with Gasteiger partial charge in [-0.2, -0.15) is 0 Å². The molecule has 0 saturated carbocycles. The van der Waals surface area contributed by atoms with Crippen molar-refractivity contribution in [2.45, 2.75) is 6.92 Å². The first kappa shape index (κ1) is 13.1. The largest absolute Gasteiger partial charge is 0.444 e. The third-order valence-corrected chi connectivity index (χ3v) is 2.91. The molecular weight excluding hydrogens is 266 g/mol. The number of nitrogens with zero attached hydrogens (tertiary/aromatic N) is 2. The van der Waals surface area contributed by atoms with Gasteiger partial charge < -0.3 is 9.73 Å².